The number of carbonyl (C=O) groups excluding carboxylic acids is 4. The van der Waals surface area contributed by atoms with Crippen LogP contribution in [0.15, 0.2) is 78.9 Å². The number of nitro benzene ring substituents is 1. The number of benzene rings is 3. The molecule has 0 aromatic heterocycles. The zero-order valence-electron chi connectivity index (χ0n) is 18.6. The van der Waals surface area contributed by atoms with Crippen LogP contribution in [0.3, 0.4) is 0 Å². The van der Waals surface area contributed by atoms with Gasteiger partial charge in [0.1, 0.15) is 6.04 Å². The third-order valence-corrected chi connectivity index (χ3v) is 5.59. The van der Waals surface area contributed by atoms with E-state index in [2.05, 4.69) is 5.43 Å². The normalized spacial score (nSPS) is 15.1. The summed E-state index contributed by atoms with van der Waals surface area (Å²) < 4.78 is 0. The van der Waals surface area contributed by atoms with Crippen molar-refractivity contribution in [2.24, 2.45) is 0 Å². The second-order valence-corrected chi connectivity index (χ2v) is 7.86. The Morgan fingerprint density at radius 3 is 2.26 bits per heavy atom. The van der Waals surface area contributed by atoms with Crippen LogP contribution in [0.2, 0.25) is 0 Å². The third kappa shape index (κ3) is 4.62. The lowest BCUT2D eigenvalue weighted by Crippen LogP contribution is -2.54. The first kappa shape index (κ1) is 23.3. The monoisotopic (exact) mass is 472 g/mol. The van der Waals surface area contributed by atoms with Gasteiger partial charge in [-0.2, -0.15) is 0 Å². The van der Waals surface area contributed by atoms with Crippen LogP contribution < -0.4 is 10.3 Å². The van der Waals surface area contributed by atoms with Crippen LogP contribution >= 0.6 is 0 Å². The summed E-state index contributed by atoms with van der Waals surface area (Å²) in [6.07, 6.45) is -0.347. The standard InChI is InChI=1S/C25H20N4O6/c1-16-12-13-19(29(34)35)14-20(16)23(31)26-28(24(32)17-8-4-2-5-9-17)21-15-22(30)27(25(21)33)18-10-6-3-7-11-18/h2-14,21H,15H2,1H3,(H,26,31). The van der Waals surface area contributed by atoms with Gasteiger partial charge in [0.05, 0.1) is 22.6 Å². The number of hydrogen-bond acceptors (Lipinski definition) is 6. The molecule has 10 nitrogen and oxygen atoms in total. The van der Waals surface area contributed by atoms with Gasteiger partial charge in [-0.3, -0.25) is 34.7 Å². The maximum absolute atomic E-state index is 13.4. The fourth-order valence-electron chi connectivity index (χ4n) is 3.79. The highest BCUT2D eigenvalue weighted by Gasteiger charge is 2.45. The molecule has 3 aromatic carbocycles. The number of anilines is 1. The van der Waals surface area contributed by atoms with E-state index in [4.69, 9.17) is 0 Å². The van der Waals surface area contributed by atoms with E-state index < -0.39 is 34.6 Å². The first-order valence-electron chi connectivity index (χ1n) is 10.6. The van der Waals surface area contributed by atoms with Crippen LogP contribution in [-0.2, 0) is 9.59 Å². The topological polar surface area (TPSA) is 130 Å². The van der Waals surface area contributed by atoms with Crippen molar-refractivity contribution in [2.45, 2.75) is 19.4 Å². The Labute approximate surface area is 199 Å². The molecule has 0 bridgehead atoms. The summed E-state index contributed by atoms with van der Waals surface area (Å²) in [6.45, 7) is 1.59. The number of aryl methyl sites for hydroxylation is 1. The second-order valence-electron chi connectivity index (χ2n) is 7.86. The van der Waals surface area contributed by atoms with Crippen LogP contribution in [0, 0.1) is 17.0 Å². The lowest BCUT2D eigenvalue weighted by atomic mass is 10.1. The van der Waals surface area contributed by atoms with Crippen molar-refractivity contribution in [1.29, 1.82) is 0 Å². The van der Waals surface area contributed by atoms with Gasteiger partial charge in [0.25, 0.3) is 23.4 Å². The Hall–Kier alpha value is -4.86. The van der Waals surface area contributed by atoms with Gasteiger partial charge in [-0.25, -0.2) is 9.91 Å². The Bertz CT molecular complexity index is 1330. The van der Waals surface area contributed by atoms with Gasteiger partial charge in [-0.05, 0) is 36.8 Å². The van der Waals surface area contributed by atoms with Crippen molar-refractivity contribution in [1.82, 2.24) is 10.4 Å². The molecule has 1 saturated heterocycles. The van der Waals surface area contributed by atoms with Crippen molar-refractivity contribution in [2.75, 3.05) is 4.90 Å². The zero-order chi connectivity index (χ0) is 25.1. The molecule has 1 heterocycles. The Kier molecular flexibility index (Phi) is 6.36. The fourth-order valence-corrected chi connectivity index (χ4v) is 3.79. The van der Waals surface area contributed by atoms with E-state index >= 15 is 0 Å². The van der Waals surface area contributed by atoms with Crippen molar-refractivity contribution in [3.8, 4) is 0 Å². The highest BCUT2D eigenvalue weighted by atomic mass is 16.6. The highest BCUT2D eigenvalue weighted by Crippen LogP contribution is 2.26. The van der Waals surface area contributed by atoms with Gasteiger partial charge < -0.3 is 0 Å². The van der Waals surface area contributed by atoms with Crippen LogP contribution in [0.1, 0.15) is 32.7 Å². The predicted molar refractivity (Wildman–Crippen MR) is 125 cm³/mol. The summed E-state index contributed by atoms with van der Waals surface area (Å²) in [4.78, 5) is 64.1. The number of hydrazine groups is 1. The first-order valence-corrected chi connectivity index (χ1v) is 10.6. The summed E-state index contributed by atoms with van der Waals surface area (Å²) in [5.74, 6) is -2.74. The molecule has 35 heavy (non-hydrogen) atoms. The summed E-state index contributed by atoms with van der Waals surface area (Å²) in [6, 6.07) is 18.7. The van der Waals surface area contributed by atoms with E-state index in [1.807, 2.05) is 0 Å². The average molecular weight is 472 g/mol. The molecule has 1 aliphatic heterocycles. The maximum atomic E-state index is 13.4. The second kappa shape index (κ2) is 9.56. The van der Waals surface area contributed by atoms with Crippen LogP contribution in [0.5, 0.6) is 0 Å². The fraction of sp³-hybridized carbons (Fsp3) is 0.120. The molecule has 3 aromatic rings. The molecule has 0 radical (unpaired) electrons. The Morgan fingerprint density at radius 1 is 1.00 bits per heavy atom. The number of amides is 4. The molecular weight excluding hydrogens is 452 g/mol. The minimum Gasteiger partial charge on any atom is -0.274 e. The molecule has 1 fully saturated rings. The minimum absolute atomic E-state index is 0.0400. The lowest BCUT2D eigenvalue weighted by molar-refractivity contribution is -0.384. The quantitative estimate of drug-likeness (QED) is 0.345. The van der Waals surface area contributed by atoms with Crippen molar-refractivity contribution >= 4 is 35.0 Å². The molecule has 4 amide bonds. The average Bonchev–Trinajstić information content (AvgIpc) is 3.16. The first-order chi connectivity index (χ1) is 16.8. The molecule has 1 atom stereocenters. The Balaban J connectivity index is 1.70. The van der Waals surface area contributed by atoms with E-state index in [9.17, 15) is 29.3 Å². The van der Waals surface area contributed by atoms with Gasteiger partial charge in [-0.15, -0.1) is 0 Å². The third-order valence-electron chi connectivity index (χ3n) is 5.59. The number of hydrogen-bond donors (Lipinski definition) is 1. The molecule has 4 rings (SSSR count). The molecule has 1 unspecified atom stereocenters. The maximum Gasteiger partial charge on any atom is 0.273 e. The largest absolute Gasteiger partial charge is 0.274 e. The van der Waals surface area contributed by atoms with E-state index in [0.29, 0.717) is 11.3 Å². The molecule has 0 saturated carbocycles. The molecule has 1 N–H and O–H groups in total. The summed E-state index contributed by atoms with van der Waals surface area (Å²) >= 11 is 0. The van der Waals surface area contributed by atoms with Crippen LogP contribution in [-0.4, -0.2) is 39.6 Å². The molecular formula is C25H20N4O6. The number of imide groups is 1. The van der Waals surface area contributed by atoms with Gasteiger partial charge in [0.2, 0.25) is 5.91 Å². The van der Waals surface area contributed by atoms with Gasteiger partial charge in [-0.1, -0.05) is 42.5 Å². The van der Waals surface area contributed by atoms with E-state index in [1.54, 1.807) is 55.5 Å². The minimum atomic E-state index is -1.31. The summed E-state index contributed by atoms with van der Waals surface area (Å²) in [5, 5.41) is 12.0. The summed E-state index contributed by atoms with van der Waals surface area (Å²) in [7, 11) is 0. The number of nitrogens with zero attached hydrogens (tertiary/aromatic N) is 3. The van der Waals surface area contributed by atoms with Crippen molar-refractivity contribution in [3.63, 3.8) is 0 Å². The predicted octanol–water partition coefficient (Wildman–Crippen LogP) is 3.02. The molecule has 1 aliphatic rings. The lowest BCUT2D eigenvalue weighted by Gasteiger charge is -2.28. The number of rotatable bonds is 5. The van der Waals surface area contributed by atoms with E-state index in [1.165, 1.54) is 24.3 Å². The number of nitrogens with one attached hydrogen (secondary N) is 1. The number of non-ortho nitro benzene ring substituents is 1. The number of carbonyl (C=O) groups is 4. The Morgan fingerprint density at radius 2 is 1.63 bits per heavy atom. The van der Waals surface area contributed by atoms with E-state index in [0.717, 1.165) is 16.0 Å². The molecule has 176 valence electrons. The van der Waals surface area contributed by atoms with Crippen molar-refractivity contribution < 1.29 is 24.1 Å². The highest BCUT2D eigenvalue weighted by molar-refractivity contribution is 6.23. The number of nitro groups is 1. The van der Waals surface area contributed by atoms with Crippen molar-refractivity contribution in [3.05, 3.63) is 106 Å². The van der Waals surface area contributed by atoms with E-state index in [-0.39, 0.29) is 23.2 Å². The number of para-hydroxylation sites is 1. The molecule has 0 aliphatic carbocycles. The molecule has 10 heteroatoms. The van der Waals surface area contributed by atoms with Crippen LogP contribution in [0.25, 0.3) is 0 Å². The SMILES string of the molecule is Cc1ccc([N+](=O)[O-])cc1C(=O)NN(C(=O)c1ccccc1)C1CC(=O)N(c2ccccc2)C1=O. The molecule has 0 spiro atoms. The zero-order valence-corrected chi connectivity index (χ0v) is 18.6. The van der Waals surface area contributed by atoms with Gasteiger partial charge >= 0.3 is 0 Å². The van der Waals surface area contributed by atoms with Gasteiger partial charge in [0, 0.05) is 17.7 Å². The summed E-state index contributed by atoms with van der Waals surface area (Å²) in [5.41, 5.74) is 3.04. The smallest absolute Gasteiger partial charge is 0.273 e. The van der Waals surface area contributed by atoms with Crippen LogP contribution in [0.4, 0.5) is 11.4 Å². The van der Waals surface area contributed by atoms with Gasteiger partial charge in [0.15, 0.2) is 0 Å².